The molecule has 2 nitrogen and oxygen atoms in total. The summed E-state index contributed by atoms with van der Waals surface area (Å²) in [6.45, 7) is 3.83. The number of rotatable bonds is 3. The van der Waals surface area contributed by atoms with Gasteiger partial charge in [0.1, 0.15) is 5.82 Å². The lowest BCUT2D eigenvalue weighted by atomic mass is 9.78. The number of carbonyl (C=O) groups is 1. The zero-order valence-corrected chi connectivity index (χ0v) is 12.8. The second kappa shape index (κ2) is 5.23. The summed E-state index contributed by atoms with van der Waals surface area (Å²) >= 11 is 3.22. The average Bonchev–Trinajstić information content (AvgIpc) is 2.82. The van der Waals surface area contributed by atoms with Gasteiger partial charge in [0, 0.05) is 0 Å². The average molecular weight is 329 g/mol. The van der Waals surface area contributed by atoms with Gasteiger partial charge in [-0.25, -0.2) is 4.39 Å². The Labute approximate surface area is 121 Å². The monoisotopic (exact) mass is 328 g/mol. The Hall–Kier alpha value is -0.900. The molecule has 0 radical (unpaired) electrons. The quantitative estimate of drug-likeness (QED) is 0.879. The minimum Gasteiger partial charge on any atom is -0.481 e. The van der Waals surface area contributed by atoms with Crippen LogP contribution in [-0.4, -0.2) is 11.1 Å². The molecule has 1 fully saturated rings. The summed E-state index contributed by atoms with van der Waals surface area (Å²) in [5.41, 5.74) is 0.478. The van der Waals surface area contributed by atoms with Crippen molar-refractivity contribution in [2.75, 3.05) is 0 Å². The van der Waals surface area contributed by atoms with E-state index in [1.165, 1.54) is 0 Å². The van der Waals surface area contributed by atoms with Crippen LogP contribution in [0.1, 0.15) is 56.6 Å². The maximum absolute atomic E-state index is 14.1. The molecule has 1 saturated carbocycles. The molecule has 4 heteroatoms. The van der Waals surface area contributed by atoms with E-state index in [4.69, 9.17) is 0 Å². The number of hydrogen-bond acceptors (Lipinski definition) is 1. The standard InChI is InChI=1S/C15H18BrFO2/c1-9(2)11-7-10(8-12(16)13(11)17)15(14(18)19)5-3-4-6-15/h7-9H,3-6H2,1-2H3,(H,18,19). The van der Waals surface area contributed by atoms with E-state index in [1.54, 1.807) is 12.1 Å². The number of benzene rings is 1. The van der Waals surface area contributed by atoms with Crippen LogP contribution in [0.25, 0.3) is 0 Å². The van der Waals surface area contributed by atoms with Crippen LogP contribution in [0.3, 0.4) is 0 Å². The van der Waals surface area contributed by atoms with Gasteiger partial charge in [-0.3, -0.25) is 4.79 Å². The van der Waals surface area contributed by atoms with Crippen LogP contribution in [-0.2, 0) is 10.2 Å². The first-order chi connectivity index (χ1) is 8.88. The summed E-state index contributed by atoms with van der Waals surface area (Å²) in [7, 11) is 0. The summed E-state index contributed by atoms with van der Waals surface area (Å²) in [5.74, 6) is -1.04. The van der Waals surface area contributed by atoms with Crippen molar-refractivity contribution in [3.05, 3.63) is 33.5 Å². The molecule has 1 aliphatic rings. The summed E-state index contributed by atoms with van der Waals surface area (Å²) < 4.78 is 14.4. The molecule has 19 heavy (non-hydrogen) atoms. The van der Waals surface area contributed by atoms with Crippen molar-refractivity contribution in [2.45, 2.75) is 50.9 Å². The number of hydrogen-bond donors (Lipinski definition) is 1. The Morgan fingerprint density at radius 1 is 1.37 bits per heavy atom. The normalized spacial score (nSPS) is 17.9. The predicted octanol–water partition coefficient (Wildman–Crippen LogP) is 4.61. The number of aliphatic carboxylic acids is 1. The zero-order valence-electron chi connectivity index (χ0n) is 11.2. The van der Waals surface area contributed by atoms with Crippen molar-refractivity contribution < 1.29 is 14.3 Å². The number of carboxylic acid groups (broad SMARTS) is 1. The molecule has 2 rings (SSSR count). The molecule has 0 saturated heterocycles. The molecule has 1 aromatic carbocycles. The van der Waals surface area contributed by atoms with Crippen LogP contribution in [0.15, 0.2) is 16.6 Å². The summed E-state index contributed by atoms with van der Waals surface area (Å²) in [4.78, 5) is 11.7. The van der Waals surface area contributed by atoms with Crippen molar-refractivity contribution in [1.82, 2.24) is 0 Å². The van der Waals surface area contributed by atoms with Gasteiger partial charge in [-0.1, -0.05) is 32.8 Å². The smallest absolute Gasteiger partial charge is 0.314 e. The lowest BCUT2D eigenvalue weighted by Crippen LogP contribution is -2.32. The molecule has 1 N–H and O–H groups in total. The second-order valence-electron chi connectivity index (χ2n) is 5.61. The molecule has 0 aromatic heterocycles. The van der Waals surface area contributed by atoms with Crippen molar-refractivity contribution in [1.29, 1.82) is 0 Å². The first-order valence-electron chi connectivity index (χ1n) is 6.61. The van der Waals surface area contributed by atoms with Crippen molar-refractivity contribution in [3.63, 3.8) is 0 Å². The SMILES string of the molecule is CC(C)c1cc(C2(C(=O)O)CCCC2)cc(Br)c1F. The van der Waals surface area contributed by atoms with Crippen LogP contribution in [0, 0.1) is 5.82 Å². The molecular weight excluding hydrogens is 311 g/mol. The van der Waals surface area contributed by atoms with Gasteiger partial charge in [-0.2, -0.15) is 0 Å². The fraction of sp³-hybridized carbons (Fsp3) is 0.533. The van der Waals surface area contributed by atoms with Gasteiger partial charge < -0.3 is 5.11 Å². The first-order valence-corrected chi connectivity index (χ1v) is 7.40. The van der Waals surface area contributed by atoms with Crippen LogP contribution in [0.5, 0.6) is 0 Å². The Kier molecular flexibility index (Phi) is 4.00. The fourth-order valence-corrected chi connectivity index (χ4v) is 3.39. The molecule has 1 aromatic rings. The number of halogens is 2. The fourth-order valence-electron chi connectivity index (χ4n) is 2.91. The van der Waals surface area contributed by atoms with E-state index in [0.29, 0.717) is 22.9 Å². The highest BCUT2D eigenvalue weighted by Gasteiger charge is 2.43. The molecule has 0 aliphatic heterocycles. The molecular formula is C15H18BrFO2. The molecule has 1 aliphatic carbocycles. The first kappa shape index (κ1) is 14.5. The lowest BCUT2D eigenvalue weighted by Gasteiger charge is -2.26. The predicted molar refractivity (Wildman–Crippen MR) is 76.0 cm³/mol. The third-order valence-corrected chi connectivity index (χ3v) is 4.67. The van der Waals surface area contributed by atoms with Gasteiger partial charge >= 0.3 is 5.97 Å². The molecule has 0 spiro atoms. The van der Waals surface area contributed by atoms with Crippen LogP contribution in [0.4, 0.5) is 4.39 Å². The Morgan fingerprint density at radius 3 is 2.42 bits per heavy atom. The third kappa shape index (κ3) is 2.42. The van der Waals surface area contributed by atoms with Gasteiger partial charge in [0.15, 0.2) is 0 Å². The van der Waals surface area contributed by atoms with Crippen molar-refractivity contribution in [2.24, 2.45) is 0 Å². The molecule has 0 bridgehead atoms. The largest absolute Gasteiger partial charge is 0.481 e. The van der Waals surface area contributed by atoms with Crippen LogP contribution < -0.4 is 0 Å². The van der Waals surface area contributed by atoms with Crippen LogP contribution in [0.2, 0.25) is 0 Å². The summed E-state index contributed by atoms with van der Waals surface area (Å²) in [6, 6.07) is 3.38. The van der Waals surface area contributed by atoms with E-state index in [9.17, 15) is 14.3 Å². The maximum atomic E-state index is 14.1. The van der Waals surface area contributed by atoms with Crippen molar-refractivity contribution >= 4 is 21.9 Å². The molecule has 0 atom stereocenters. The third-order valence-electron chi connectivity index (χ3n) is 4.10. The van der Waals surface area contributed by atoms with Gasteiger partial charge in [0.05, 0.1) is 9.89 Å². The highest BCUT2D eigenvalue weighted by atomic mass is 79.9. The summed E-state index contributed by atoms with van der Waals surface area (Å²) in [5, 5.41) is 9.60. The minimum atomic E-state index is -0.833. The Bertz CT molecular complexity index is 505. The van der Waals surface area contributed by atoms with E-state index in [0.717, 1.165) is 18.4 Å². The van der Waals surface area contributed by atoms with Crippen molar-refractivity contribution in [3.8, 4) is 0 Å². The molecule has 0 heterocycles. The van der Waals surface area contributed by atoms with Gasteiger partial charge in [0.25, 0.3) is 0 Å². The lowest BCUT2D eigenvalue weighted by molar-refractivity contribution is -0.143. The highest BCUT2D eigenvalue weighted by molar-refractivity contribution is 9.10. The summed E-state index contributed by atoms with van der Waals surface area (Å²) in [6.07, 6.45) is 3.10. The van der Waals surface area contributed by atoms with E-state index in [1.807, 2.05) is 13.8 Å². The zero-order chi connectivity index (χ0) is 14.2. The topological polar surface area (TPSA) is 37.3 Å². The van der Waals surface area contributed by atoms with Crippen LogP contribution >= 0.6 is 15.9 Å². The van der Waals surface area contributed by atoms with E-state index < -0.39 is 11.4 Å². The van der Waals surface area contributed by atoms with E-state index in [2.05, 4.69) is 15.9 Å². The second-order valence-corrected chi connectivity index (χ2v) is 6.46. The van der Waals surface area contributed by atoms with E-state index in [-0.39, 0.29) is 11.7 Å². The van der Waals surface area contributed by atoms with E-state index >= 15 is 0 Å². The highest BCUT2D eigenvalue weighted by Crippen LogP contribution is 2.43. The Morgan fingerprint density at radius 2 is 1.95 bits per heavy atom. The molecule has 0 unspecified atom stereocenters. The van der Waals surface area contributed by atoms with Gasteiger partial charge in [-0.15, -0.1) is 0 Å². The van der Waals surface area contributed by atoms with Gasteiger partial charge in [-0.05, 0) is 51.9 Å². The molecule has 0 amide bonds. The minimum absolute atomic E-state index is 0.0310. The number of carboxylic acids is 1. The van der Waals surface area contributed by atoms with Gasteiger partial charge in [0.2, 0.25) is 0 Å². The maximum Gasteiger partial charge on any atom is 0.314 e. The molecule has 104 valence electrons. The Balaban J connectivity index is 2.59.